The summed E-state index contributed by atoms with van der Waals surface area (Å²) in [5.74, 6) is 0.145. The number of anilines is 1. The Morgan fingerprint density at radius 1 is 1.15 bits per heavy atom. The first-order valence-electron chi connectivity index (χ1n) is 9.16. The van der Waals surface area contributed by atoms with Crippen LogP contribution in [-0.2, 0) is 21.1 Å². The number of rotatable bonds is 6. The van der Waals surface area contributed by atoms with Crippen molar-refractivity contribution in [2.24, 2.45) is 0 Å². The Kier molecular flexibility index (Phi) is 5.67. The summed E-state index contributed by atoms with van der Waals surface area (Å²) in [6.07, 6.45) is 2.58. The molecule has 1 aliphatic heterocycles. The number of nitrogens with zero attached hydrogens (tertiary/aromatic N) is 2. The minimum absolute atomic E-state index is 0.0947. The highest BCUT2D eigenvalue weighted by Gasteiger charge is 2.24. The maximum atomic E-state index is 12.7. The van der Waals surface area contributed by atoms with Crippen LogP contribution in [-0.4, -0.2) is 45.6 Å². The van der Waals surface area contributed by atoms with E-state index in [4.69, 9.17) is 0 Å². The van der Waals surface area contributed by atoms with Gasteiger partial charge < -0.3 is 4.90 Å². The molecule has 0 saturated heterocycles. The number of carbonyl (C=O) groups excluding carboxylic acids is 1. The topological polar surface area (TPSA) is 57.7 Å². The molecule has 0 bridgehead atoms. The Bertz CT molecular complexity index is 923. The van der Waals surface area contributed by atoms with Gasteiger partial charge in [0.25, 0.3) is 0 Å². The van der Waals surface area contributed by atoms with Crippen LogP contribution in [0.2, 0.25) is 0 Å². The van der Waals surface area contributed by atoms with E-state index in [-0.39, 0.29) is 11.9 Å². The van der Waals surface area contributed by atoms with Gasteiger partial charge in [0.2, 0.25) is 5.91 Å². The Morgan fingerprint density at radius 2 is 1.81 bits per heavy atom. The fourth-order valence-electron chi connectivity index (χ4n) is 3.45. The summed E-state index contributed by atoms with van der Waals surface area (Å²) in [5.41, 5.74) is 3.30. The van der Waals surface area contributed by atoms with Gasteiger partial charge in [-0.3, -0.25) is 9.69 Å². The zero-order valence-corrected chi connectivity index (χ0v) is 16.9. The number of hydrogen-bond acceptors (Lipinski definition) is 4. The summed E-state index contributed by atoms with van der Waals surface area (Å²) < 4.78 is 23.2. The molecule has 0 radical (unpaired) electrons. The van der Waals surface area contributed by atoms with Gasteiger partial charge in [0.1, 0.15) is 0 Å². The molecule has 2 aromatic carbocycles. The van der Waals surface area contributed by atoms with E-state index in [0.29, 0.717) is 17.9 Å². The van der Waals surface area contributed by atoms with Gasteiger partial charge in [0, 0.05) is 37.5 Å². The maximum absolute atomic E-state index is 12.7. The van der Waals surface area contributed by atoms with Crippen LogP contribution in [0.15, 0.2) is 53.4 Å². The van der Waals surface area contributed by atoms with E-state index in [9.17, 15) is 13.2 Å². The minimum atomic E-state index is -3.18. The molecule has 0 N–H and O–H groups in total. The van der Waals surface area contributed by atoms with Crippen molar-refractivity contribution in [3.63, 3.8) is 0 Å². The van der Waals surface area contributed by atoms with Crippen LogP contribution in [0.3, 0.4) is 0 Å². The molecule has 3 rings (SSSR count). The molecule has 0 spiro atoms. The van der Waals surface area contributed by atoms with Gasteiger partial charge in [0.15, 0.2) is 9.84 Å². The molecular weight excluding hydrogens is 360 g/mol. The smallest absolute Gasteiger partial charge is 0.228 e. The monoisotopic (exact) mass is 386 g/mol. The number of para-hydroxylation sites is 1. The fourth-order valence-corrected chi connectivity index (χ4v) is 4.08. The molecule has 144 valence electrons. The lowest BCUT2D eigenvalue weighted by molar-refractivity contribution is -0.118. The zero-order chi connectivity index (χ0) is 19.6. The SMILES string of the molecule is C[C@@H](c1ccc(S(C)(=O)=O)cc1)N(C)CCC(=O)N1CCc2ccccc21. The predicted octanol–water partition coefficient (Wildman–Crippen LogP) is 3.06. The van der Waals surface area contributed by atoms with Gasteiger partial charge in [0.05, 0.1) is 4.90 Å². The molecule has 0 fully saturated rings. The molecule has 1 atom stereocenters. The molecule has 2 aromatic rings. The molecule has 0 unspecified atom stereocenters. The number of hydrogen-bond donors (Lipinski definition) is 0. The van der Waals surface area contributed by atoms with Crippen molar-refractivity contribution in [2.45, 2.75) is 30.7 Å². The number of carbonyl (C=O) groups is 1. The van der Waals surface area contributed by atoms with E-state index in [1.54, 1.807) is 12.1 Å². The van der Waals surface area contributed by atoms with Crippen LogP contribution < -0.4 is 4.90 Å². The fraction of sp³-hybridized carbons (Fsp3) is 0.381. The molecule has 1 aliphatic rings. The van der Waals surface area contributed by atoms with Crippen LogP contribution in [0.5, 0.6) is 0 Å². The molecule has 0 aromatic heterocycles. The second kappa shape index (κ2) is 7.82. The van der Waals surface area contributed by atoms with Crippen molar-refractivity contribution in [3.8, 4) is 0 Å². The summed E-state index contributed by atoms with van der Waals surface area (Å²) in [7, 11) is -1.20. The molecule has 0 aliphatic carbocycles. The molecule has 5 nitrogen and oxygen atoms in total. The third-order valence-corrected chi connectivity index (χ3v) is 6.45. The number of amides is 1. The third-order valence-electron chi connectivity index (χ3n) is 5.32. The molecule has 6 heteroatoms. The van der Waals surface area contributed by atoms with Crippen molar-refractivity contribution >= 4 is 21.4 Å². The largest absolute Gasteiger partial charge is 0.312 e. The predicted molar refractivity (Wildman–Crippen MR) is 108 cm³/mol. The van der Waals surface area contributed by atoms with Crippen molar-refractivity contribution < 1.29 is 13.2 Å². The van der Waals surface area contributed by atoms with E-state index in [2.05, 4.69) is 17.9 Å². The van der Waals surface area contributed by atoms with Gasteiger partial charge in [-0.2, -0.15) is 0 Å². The second-order valence-electron chi connectivity index (χ2n) is 7.17. The van der Waals surface area contributed by atoms with Gasteiger partial charge in [-0.15, -0.1) is 0 Å². The first kappa shape index (κ1) is 19.6. The van der Waals surface area contributed by atoms with Crippen LogP contribution in [0.4, 0.5) is 5.69 Å². The normalized spacial score (nSPS) is 15.0. The van der Waals surface area contributed by atoms with Gasteiger partial charge in [-0.25, -0.2) is 8.42 Å². The van der Waals surface area contributed by atoms with Crippen molar-refractivity contribution in [1.82, 2.24) is 4.90 Å². The first-order valence-corrected chi connectivity index (χ1v) is 11.0. The van der Waals surface area contributed by atoms with Crippen molar-refractivity contribution in [1.29, 1.82) is 0 Å². The Morgan fingerprint density at radius 3 is 2.48 bits per heavy atom. The first-order chi connectivity index (χ1) is 12.8. The van der Waals surface area contributed by atoms with Crippen LogP contribution in [0.25, 0.3) is 0 Å². The Labute approximate surface area is 161 Å². The average Bonchev–Trinajstić information content (AvgIpc) is 3.09. The van der Waals surface area contributed by atoms with Crippen LogP contribution >= 0.6 is 0 Å². The van der Waals surface area contributed by atoms with E-state index < -0.39 is 9.84 Å². The highest BCUT2D eigenvalue weighted by atomic mass is 32.2. The quantitative estimate of drug-likeness (QED) is 0.766. The summed E-state index contributed by atoms with van der Waals surface area (Å²) >= 11 is 0. The lowest BCUT2D eigenvalue weighted by Gasteiger charge is -2.26. The summed E-state index contributed by atoms with van der Waals surface area (Å²) in [4.78, 5) is 17.0. The highest BCUT2D eigenvalue weighted by Crippen LogP contribution is 2.28. The lowest BCUT2D eigenvalue weighted by atomic mass is 10.1. The van der Waals surface area contributed by atoms with Crippen LogP contribution in [0, 0.1) is 0 Å². The van der Waals surface area contributed by atoms with Crippen LogP contribution in [0.1, 0.15) is 30.5 Å². The van der Waals surface area contributed by atoms with E-state index in [1.807, 2.05) is 42.3 Å². The average molecular weight is 387 g/mol. The Balaban J connectivity index is 1.59. The van der Waals surface area contributed by atoms with Gasteiger partial charge in [-0.1, -0.05) is 30.3 Å². The van der Waals surface area contributed by atoms with E-state index >= 15 is 0 Å². The maximum Gasteiger partial charge on any atom is 0.228 e. The highest BCUT2D eigenvalue weighted by molar-refractivity contribution is 7.90. The molecular formula is C21H26N2O3S. The van der Waals surface area contributed by atoms with Gasteiger partial charge >= 0.3 is 0 Å². The molecule has 0 saturated carbocycles. The second-order valence-corrected chi connectivity index (χ2v) is 9.19. The summed E-state index contributed by atoms with van der Waals surface area (Å²) in [6.45, 7) is 3.46. The summed E-state index contributed by atoms with van der Waals surface area (Å²) in [6, 6.07) is 15.1. The zero-order valence-electron chi connectivity index (χ0n) is 16.1. The lowest BCUT2D eigenvalue weighted by Crippen LogP contribution is -2.33. The summed E-state index contributed by atoms with van der Waals surface area (Å²) in [5, 5.41) is 0. The molecule has 1 heterocycles. The number of sulfone groups is 1. The molecule has 1 amide bonds. The van der Waals surface area contributed by atoms with Crippen molar-refractivity contribution in [3.05, 3.63) is 59.7 Å². The standard InChI is InChI=1S/C21H26N2O3S/c1-16(17-8-10-19(11-9-17)27(3,25)26)22(2)14-13-21(24)23-15-12-18-6-4-5-7-20(18)23/h4-11,16H,12-15H2,1-3H3/t16-/m0/s1. The van der Waals surface area contributed by atoms with E-state index in [1.165, 1.54) is 11.8 Å². The van der Waals surface area contributed by atoms with E-state index in [0.717, 1.165) is 24.2 Å². The third kappa shape index (κ3) is 4.39. The van der Waals surface area contributed by atoms with Crippen molar-refractivity contribution in [2.75, 3.05) is 31.3 Å². The number of benzene rings is 2. The molecule has 27 heavy (non-hydrogen) atoms. The van der Waals surface area contributed by atoms with Gasteiger partial charge in [-0.05, 0) is 49.7 Å². The number of fused-ring (bicyclic) bond motifs is 1. The minimum Gasteiger partial charge on any atom is -0.312 e. The Hall–Kier alpha value is -2.18.